The maximum atomic E-state index is 12.5. The molecule has 22 heavy (non-hydrogen) atoms. The molecule has 0 unspecified atom stereocenters. The lowest BCUT2D eigenvalue weighted by Crippen LogP contribution is -2.26. The highest BCUT2D eigenvalue weighted by molar-refractivity contribution is 7.92. The second-order valence-corrected chi connectivity index (χ2v) is 6.99. The van der Waals surface area contributed by atoms with Gasteiger partial charge in [-0.3, -0.25) is 9.10 Å². The molecule has 0 fully saturated rings. The van der Waals surface area contributed by atoms with E-state index < -0.39 is 16.0 Å². The zero-order valence-electron chi connectivity index (χ0n) is 12.4. The number of aliphatic carboxylic acids is 1. The summed E-state index contributed by atoms with van der Waals surface area (Å²) >= 11 is 0. The lowest BCUT2D eigenvalue weighted by atomic mass is 10.1. The number of carboxylic acid groups (broad SMARTS) is 1. The van der Waals surface area contributed by atoms with Crippen LogP contribution in [0.5, 0.6) is 0 Å². The van der Waals surface area contributed by atoms with Gasteiger partial charge in [0.2, 0.25) is 0 Å². The van der Waals surface area contributed by atoms with Gasteiger partial charge in [0, 0.05) is 7.05 Å². The van der Waals surface area contributed by atoms with Gasteiger partial charge in [0.25, 0.3) is 10.0 Å². The fourth-order valence-corrected chi connectivity index (χ4v) is 3.20. The van der Waals surface area contributed by atoms with Crippen LogP contribution in [0.25, 0.3) is 0 Å². The molecule has 1 N–H and O–H groups in total. The second-order valence-electron chi connectivity index (χ2n) is 5.02. The number of sulfonamides is 1. The SMILES string of the molecule is Cc1ccc(S(=O)(=O)N(C)c2ccc(CC(=O)O)cc2)cc1. The maximum absolute atomic E-state index is 12.5. The summed E-state index contributed by atoms with van der Waals surface area (Å²) in [6.45, 7) is 1.89. The van der Waals surface area contributed by atoms with Gasteiger partial charge in [-0.2, -0.15) is 0 Å². The Balaban J connectivity index is 2.28. The van der Waals surface area contributed by atoms with Gasteiger partial charge in [-0.05, 0) is 36.8 Å². The molecule has 0 saturated heterocycles. The second kappa shape index (κ2) is 6.19. The van der Waals surface area contributed by atoms with Crippen LogP contribution in [-0.2, 0) is 21.2 Å². The molecule has 5 nitrogen and oxygen atoms in total. The molecule has 0 radical (unpaired) electrons. The molecule has 0 bridgehead atoms. The topological polar surface area (TPSA) is 74.7 Å². The Morgan fingerprint density at radius 1 is 1.05 bits per heavy atom. The van der Waals surface area contributed by atoms with Crippen molar-refractivity contribution in [3.63, 3.8) is 0 Å². The first-order valence-electron chi connectivity index (χ1n) is 6.67. The summed E-state index contributed by atoms with van der Waals surface area (Å²) in [5, 5.41) is 8.74. The van der Waals surface area contributed by atoms with Crippen molar-refractivity contribution in [3.05, 3.63) is 59.7 Å². The lowest BCUT2D eigenvalue weighted by molar-refractivity contribution is -0.136. The summed E-state index contributed by atoms with van der Waals surface area (Å²) in [5.74, 6) is -0.923. The molecule has 2 rings (SSSR count). The van der Waals surface area contributed by atoms with Crippen molar-refractivity contribution in [2.45, 2.75) is 18.2 Å². The van der Waals surface area contributed by atoms with E-state index in [1.165, 1.54) is 11.4 Å². The zero-order valence-corrected chi connectivity index (χ0v) is 13.2. The van der Waals surface area contributed by atoms with E-state index in [4.69, 9.17) is 5.11 Å². The van der Waals surface area contributed by atoms with Crippen molar-refractivity contribution in [1.82, 2.24) is 0 Å². The first-order valence-corrected chi connectivity index (χ1v) is 8.11. The van der Waals surface area contributed by atoms with Crippen LogP contribution in [0, 0.1) is 6.92 Å². The quantitative estimate of drug-likeness (QED) is 0.918. The number of carboxylic acids is 1. The summed E-state index contributed by atoms with van der Waals surface area (Å²) in [6.07, 6.45) is -0.0886. The summed E-state index contributed by atoms with van der Waals surface area (Å²) in [7, 11) is -2.15. The third-order valence-electron chi connectivity index (χ3n) is 3.33. The Bertz CT molecular complexity index is 765. The number of hydrogen-bond donors (Lipinski definition) is 1. The van der Waals surface area contributed by atoms with Crippen LogP contribution in [0.15, 0.2) is 53.4 Å². The van der Waals surface area contributed by atoms with E-state index in [0.29, 0.717) is 11.3 Å². The van der Waals surface area contributed by atoms with Crippen molar-refractivity contribution in [2.75, 3.05) is 11.4 Å². The Hall–Kier alpha value is -2.34. The highest BCUT2D eigenvalue weighted by Crippen LogP contribution is 2.22. The number of anilines is 1. The molecule has 0 saturated carbocycles. The van der Waals surface area contributed by atoms with Gasteiger partial charge >= 0.3 is 5.97 Å². The minimum atomic E-state index is -3.63. The Kier molecular flexibility index (Phi) is 4.51. The van der Waals surface area contributed by atoms with E-state index in [9.17, 15) is 13.2 Å². The summed E-state index contributed by atoms with van der Waals surface area (Å²) in [6, 6.07) is 13.1. The van der Waals surface area contributed by atoms with Crippen LogP contribution >= 0.6 is 0 Å². The van der Waals surface area contributed by atoms with Gasteiger partial charge in [-0.25, -0.2) is 8.42 Å². The van der Waals surface area contributed by atoms with Crippen LogP contribution in [0.4, 0.5) is 5.69 Å². The fraction of sp³-hybridized carbons (Fsp3) is 0.188. The normalized spacial score (nSPS) is 11.2. The van der Waals surface area contributed by atoms with Crippen molar-refractivity contribution >= 4 is 21.7 Å². The molecule has 116 valence electrons. The van der Waals surface area contributed by atoms with Crippen LogP contribution in [0.3, 0.4) is 0 Å². The monoisotopic (exact) mass is 319 g/mol. The van der Waals surface area contributed by atoms with Gasteiger partial charge in [0.1, 0.15) is 0 Å². The first-order chi connectivity index (χ1) is 10.3. The summed E-state index contributed by atoms with van der Waals surface area (Å²) in [4.78, 5) is 10.9. The Morgan fingerprint density at radius 3 is 2.09 bits per heavy atom. The van der Waals surface area contributed by atoms with E-state index >= 15 is 0 Å². The van der Waals surface area contributed by atoms with Gasteiger partial charge in [-0.1, -0.05) is 29.8 Å². The number of aryl methyl sites for hydroxylation is 1. The summed E-state index contributed by atoms with van der Waals surface area (Å²) < 4.78 is 26.3. The number of carbonyl (C=O) groups is 1. The number of nitrogens with zero attached hydrogens (tertiary/aromatic N) is 1. The van der Waals surface area contributed by atoms with E-state index in [1.807, 2.05) is 6.92 Å². The molecule has 0 atom stereocenters. The molecule has 0 aliphatic rings. The van der Waals surface area contributed by atoms with Gasteiger partial charge < -0.3 is 5.11 Å². The maximum Gasteiger partial charge on any atom is 0.307 e. The van der Waals surface area contributed by atoms with Crippen LogP contribution in [0.2, 0.25) is 0 Å². The molecular weight excluding hydrogens is 302 g/mol. The molecule has 0 aromatic heterocycles. The third-order valence-corrected chi connectivity index (χ3v) is 5.13. The molecule has 2 aromatic rings. The molecular formula is C16H17NO4S. The smallest absolute Gasteiger partial charge is 0.307 e. The predicted octanol–water partition coefficient (Wildman–Crippen LogP) is 2.45. The fourth-order valence-electron chi connectivity index (χ4n) is 2.01. The molecule has 2 aromatic carbocycles. The largest absolute Gasteiger partial charge is 0.481 e. The number of rotatable bonds is 5. The Morgan fingerprint density at radius 2 is 1.59 bits per heavy atom. The number of benzene rings is 2. The van der Waals surface area contributed by atoms with Crippen molar-refractivity contribution < 1.29 is 18.3 Å². The van der Waals surface area contributed by atoms with Gasteiger partial charge in [0.15, 0.2) is 0 Å². The minimum absolute atomic E-state index is 0.0886. The zero-order chi connectivity index (χ0) is 16.3. The molecule has 0 amide bonds. The highest BCUT2D eigenvalue weighted by Gasteiger charge is 2.21. The van der Waals surface area contributed by atoms with Gasteiger partial charge in [-0.15, -0.1) is 0 Å². The standard InChI is InChI=1S/C16H17NO4S/c1-12-3-9-15(10-4-12)22(20,21)17(2)14-7-5-13(6-8-14)11-16(18)19/h3-10H,11H2,1-2H3,(H,18,19). The van der Waals surface area contributed by atoms with Crippen molar-refractivity contribution in [1.29, 1.82) is 0 Å². The van der Waals surface area contributed by atoms with E-state index in [2.05, 4.69) is 0 Å². The molecule has 0 heterocycles. The molecule has 0 spiro atoms. The van der Waals surface area contributed by atoms with Crippen LogP contribution in [-0.4, -0.2) is 26.5 Å². The van der Waals surface area contributed by atoms with Gasteiger partial charge in [0.05, 0.1) is 17.0 Å². The van der Waals surface area contributed by atoms with E-state index in [1.54, 1.807) is 48.5 Å². The molecule has 0 aliphatic carbocycles. The Labute approximate surface area is 129 Å². The minimum Gasteiger partial charge on any atom is -0.481 e. The highest BCUT2D eigenvalue weighted by atomic mass is 32.2. The molecule has 0 aliphatic heterocycles. The lowest BCUT2D eigenvalue weighted by Gasteiger charge is -2.19. The van der Waals surface area contributed by atoms with Crippen molar-refractivity contribution in [2.24, 2.45) is 0 Å². The van der Waals surface area contributed by atoms with E-state index in [0.717, 1.165) is 5.56 Å². The summed E-state index contributed by atoms with van der Waals surface area (Å²) in [5.41, 5.74) is 2.09. The van der Waals surface area contributed by atoms with Crippen molar-refractivity contribution in [3.8, 4) is 0 Å². The third kappa shape index (κ3) is 3.46. The number of hydrogen-bond acceptors (Lipinski definition) is 3. The average Bonchev–Trinajstić information content (AvgIpc) is 2.47. The van der Waals surface area contributed by atoms with Crippen LogP contribution < -0.4 is 4.31 Å². The first kappa shape index (κ1) is 16.0. The predicted molar refractivity (Wildman–Crippen MR) is 84.5 cm³/mol. The molecule has 6 heteroatoms. The van der Waals surface area contributed by atoms with Crippen LogP contribution in [0.1, 0.15) is 11.1 Å². The van der Waals surface area contributed by atoms with E-state index in [-0.39, 0.29) is 11.3 Å². The average molecular weight is 319 g/mol.